The van der Waals surface area contributed by atoms with Crippen molar-refractivity contribution in [1.82, 2.24) is 4.90 Å². The van der Waals surface area contributed by atoms with E-state index in [1.807, 2.05) is 0 Å². The second-order valence-electron chi connectivity index (χ2n) is 3.38. The molecule has 1 atom stereocenters. The lowest BCUT2D eigenvalue weighted by Gasteiger charge is -2.14. The van der Waals surface area contributed by atoms with Crippen LogP contribution in [0.4, 0.5) is 0 Å². The molecule has 0 radical (unpaired) electrons. The zero-order valence-corrected chi connectivity index (χ0v) is 6.64. The third-order valence-electron chi connectivity index (χ3n) is 2.67. The van der Waals surface area contributed by atoms with Crippen molar-refractivity contribution < 1.29 is 0 Å². The summed E-state index contributed by atoms with van der Waals surface area (Å²) in [5.74, 6) is 0.871. The highest BCUT2D eigenvalue weighted by Gasteiger charge is 2.25. The number of nitrogens with zero attached hydrogens (tertiary/aromatic N) is 1. The summed E-state index contributed by atoms with van der Waals surface area (Å²) in [5.41, 5.74) is 1.63. The molecule has 0 aromatic heterocycles. The summed E-state index contributed by atoms with van der Waals surface area (Å²) in [5, 5.41) is 0. The Morgan fingerprint density at radius 3 is 3.30 bits per heavy atom. The summed E-state index contributed by atoms with van der Waals surface area (Å²) in [6.07, 6.45) is 6.53. The molecule has 56 valence electrons. The normalized spacial score (nSPS) is 30.7. The Morgan fingerprint density at radius 2 is 2.60 bits per heavy atom. The number of hydrogen-bond acceptors (Lipinski definition) is 1. The van der Waals surface area contributed by atoms with E-state index in [1.165, 1.54) is 32.4 Å². The molecular formula is C9H15N. The van der Waals surface area contributed by atoms with Crippen molar-refractivity contribution in [2.24, 2.45) is 5.92 Å². The minimum absolute atomic E-state index is 0.871. The van der Waals surface area contributed by atoms with Crippen LogP contribution in [0.25, 0.3) is 0 Å². The van der Waals surface area contributed by atoms with Crippen LogP contribution in [0, 0.1) is 5.92 Å². The van der Waals surface area contributed by atoms with Crippen molar-refractivity contribution in [3.05, 3.63) is 11.8 Å². The highest BCUT2D eigenvalue weighted by Crippen LogP contribution is 2.30. The van der Waals surface area contributed by atoms with Crippen LogP contribution in [0.1, 0.15) is 26.2 Å². The van der Waals surface area contributed by atoms with E-state index in [9.17, 15) is 0 Å². The average molecular weight is 137 g/mol. The SMILES string of the molecule is CC[C@@H]1C=C2CCCN2C1. The molecule has 0 aliphatic carbocycles. The van der Waals surface area contributed by atoms with E-state index in [0.717, 1.165) is 5.92 Å². The lowest BCUT2D eigenvalue weighted by atomic mass is 10.1. The molecule has 10 heavy (non-hydrogen) atoms. The van der Waals surface area contributed by atoms with Gasteiger partial charge < -0.3 is 4.90 Å². The van der Waals surface area contributed by atoms with Crippen molar-refractivity contribution in [3.8, 4) is 0 Å². The van der Waals surface area contributed by atoms with Crippen LogP contribution in [-0.4, -0.2) is 18.0 Å². The Morgan fingerprint density at radius 1 is 1.70 bits per heavy atom. The minimum atomic E-state index is 0.871. The highest BCUT2D eigenvalue weighted by molar-refractivity contribution is 5.14. The topological polar surface area (TPSA) is 3.24 Å². The fraction of sp³-hybridized carbons (Fsp3) is 0.778. The van der Waals surface area contributed by atoms with E-state index < -0.39 is 0 Å². The van der Waals surface area contributed by atoms with Crippen molar-refractivity contribution in [2.75, 3.05) is 13.1 Å². The van der Waals surface area contributed by atoms with Gasteiger partial charge in [-0.25, -0.2) is 0 Å². The quantitative estimate of drug-likeness (QED) is 0.534. The monoisotopic (exact) mass is 137 g/mol. The molecule has 1 fully saturated rings. The van der Waals surface area contributed by atoms with Gasteiger partial charge >= 0.3 is 0 Å². The van der Waals surface area contributed by atoms with Crippen molar-refractivity contribution in [2.45, 2.75) is 26.2 Å². The van der Waals surface area contributed by atoms with E-state index in [4.69, 9.17) is 0 Å². The predicted octanol–water partition coefficient (Wildman–Crippen LogP) is 2.01. The maximum absolute atomic E-state index is 2.55. The number of rotatable bonds is 1. The van der Waals surface area contributed by atoms with Crippen molar-refractivity contribution in [3.63, 3.8) is 0 Å². The largest absolute Gasteiger partial charge is 0.374 e. The predicted molar refractivity (Wildman–Crippen MR) is 42.7 cm³/mol. The molecule has 2 heterocycles. The molecule has 0 amide bonds. The summed E-state index contributed by atoms with van der Waals surface area (Å²) >= 11 is 0. The molecule has 1 heteroatoms. The van der Waals surface area contributed by atoms with Crippen LogP contribution >= 0.6 is 0 Å². The zero-order chi connectivity index (χ0) is 6.97. The van der Waals surface area contributed by atoms with Gasteiger partial charge in [-0.05, 0) is 25.2 Å². The Kier molecular flexibility index (Phi) is 1.44. The van der Waals surface area contributed by atoms with Gasteiger partial charge in [0.25, 0.3) is 0 Å². The first-order valence-electron chi connectivity index (χ1n) is 4.36. The Bertz CT molecular complexity index is 160. The molecule has 2 aliphatic heterocycles. The summed E-state index contributed by atoms with van der Waals surface area (Å²) in [6.45, 7) is 4.91. The lowest BCUT2D eigenvalue weighted by Crippen LogP contribution is -2.17. The highest BCUT2D eigenvalue weighted by atomic mass is 15.2. The molecular weight excluding hydrogens is 122 g/mol. The number of allylic oxidation sites excluding steroid dienone is 1. The van der Waals surface area contributed by atoms with Crippen LogP contribution < -0.4 is 0 Å². The first-order chi connectivity index (χ1) is 4.90. The smallest absolute Gasteiger partial charge is 0.0238 e. The summed E-state index contributed by atoms with van der Waals surface area (Å²) < 4.78 is 0. The fourth-order valence-corrected chi connectivity index (χ4v) is 2.00. The standard InChI is InChI=1S/C9H15N/c1-2-8-6-9-4-3-5-10(9)7-8/h6,8H,2-5,7H2,1H3/t8-/m1/s1. The van der Waals surface area contributed by atoms with Crippen LogP contribution in [0.2, 0.25) is 0 Å². The Balaban J connectivity index is 2.08. The minimum Gasteiger partial charge on any atom is -0.374 e. The first kappa shape index (κ1) is 6.26. The third kappa shape index (κ3) is 0.845. The average Bonchev–Trinajstić information content (AvgIpc) is 2.42. The molecule has 1 saturated heterocycles. The van der Waals surface area contributed by atoms with E-state index in [0.29, 0.717) is 0 Å². The Labute approximate surface area is 62.7 Å². The molecule has 0 aromatic carbocycles. The van der Waals surface area contributed by atoms with Gasteiger partial charge in [-0.2, -0.15) is 0 Å². The first-order valence-corrected chi connectivity index (χ1v) is 4.36. The molecule has 0 N–H and O–H groups in total. The van der Waals surface area contributed by atoms with E-state index >= 15 is 0 Å². The second kappa shape index (κ2) is 2.30. The Hall–Kier alpha value is -0.460. The molecule has 0 spiro atoms. The number of fused-ring (bicyclic) bond motifs is 1. The molecule has 2 rings (SSSR count). The lowest BCUT2D eigenvalue weighted by molar-refractivity contribution is 0.381. The van der Waals surface area contributed by atoms with Gasteiger partial charge in [0.05, 0.1) is 0 Å². The van der Waals surface area contributed by atoms with Crippen molar-refractivity contribution >= 4 is 0 Å². The molecule has 1 nitrogen and oxygen atoms in total. The van der Waals surface area contributed by atoms with Gasteiger partial charge in [0.1, 0.15) is 0 Å². The second-order valence-corrected chi connectivity index (χ2v) is 3.38. The molecule has 0 unspecified atom stereocenters. The van der Waals surface area contributed by atoms with Gasteiger partial charge in [0.15, 0.2) is 0 Å². The van der Waals surface area contributed by atoms with Crippen LogP contribution in [0.3, 0.4) is 0 Å². The van der Waals surface area contributed by atoms with Crippen LogP contribution in [0.5, 0.6) is 0 Å². The van der Waals surface area contributed by atoms with Gasteiger partial charge in [-0.3, -0.25) is 0 Å². The molecule has 0 bridgehead atoms. The van der Waals surface area contributed by atoms with E-state index in [-0.39, 0.29) is 0 Å². The zero-order valence-electron chi connectivity index (χ0n) is 6.64. The van der Waals surface area contributed by atoms with Gasteiger partial charge in [-0.1, -0.05) is 13.0 Å². The van der Waals surface area contributed by atoms with E-state index in [2.05, 4.69) is 17.9 Å². The van der Waals surface area contributed by atoms with Crippen molar-refractivity contribution in [1.29, 1.82) is 0 Å². The fourth-order valence-electron chi connectivity index (χ4n) is 2.00. The summed E-state index contributed by atoms with van der Waals surface area (Å²) in [7, 11) is 0. The van der Waals surface area contributed by atoms with Gasteiger partial charge in [-0.15, -0.1) is 0 Å². The third-order valence-corrected chi connectivity index (χ3v) is 2.67. The van der Waals surface area contributed by atoms with E-state index in [1.54, 1.807) is 5.70 Å². The van der Waals surface area contributed by atoms with Crippen LogP contribution in [0.15, 0.2) is 11.8 Å². The maximum atomic E-state index is 2.55. The number of hydrogen-bond donors (Lipinski definition) is 0. The molecule has 0 saturated carbocycles. The van der Waals surface area contributed by atoms with Gasteiger partial charge in [0, 0.05) is 18.8 Å². The summed E-state index contributed by atoms with van der Waals surface area (Å²) in [4.78, 5) is 2.55. The summed E-state index contributed by atoms with van der Waals surface area (Å²) in [6, 6.07) is 0. The molecule has 0 aromatic rings. The maximum Gasteiger partial charge on any atom is 0.0238 e. The molecule has 2 aliphatic rings. The van der Waals surface area contributed by atoms with Crippen LogP contribution in [-0.2, 0) is 0 Å². The van der Waals surface area contributed by atoms with Gasteiger partial charge in [0.2, 0.25) is 0 Å².